The fourth-order valence-corrected chi connectivity index (χ4v) is 4.75. The molecular formula is C21H22FN3O4S. The first kappa shape index (κ1) is 20.5. The Morgan fingerprint density at radius 3 is 2.93 bits per heavy atom. The third-order valence-electron chi connectivity index (χ3n) is 5.19. The number of hydrogen-bond donors (Lipinski definition) is 2. The minimum atomic E-state index is -0.428. The summed E-state index contributed by atoms with van der Waals surface area (Å²) in [6.45, 7) is 1.81. The molecule has 2 aromatic heterocycles. The normalized spacial score (nSPS) is 18.9. The smallest absolute Gasteiger partial charge is 0.348 e. The number of nitrogens with zero attached hydrogens (tertiary/aromatic N) is 2. The molecule has 2 heterocycles. The van der Waals surface area contributed by atoms with Crippen LogP contribution >= 0.6 is 11.3 Å². The molecule has 0 bridgehead atoms. The molecule has 2 N–H and O–H groups in total. The zero-order chi connectivity index (χ0) is 21.3. The van der Waals surface area contributed by atoms with Gasteiger partial charge in [0, 0.05) is 12.5 Å². The molecule has 2 atom stereocenters. The van der Waals surface area contributed by atoms with Crippen molar-refractivity contribution in [2.24, 2.45) is 0 Å². The van der Waals surface area contributed by atoms with Crippen molar-refractivity contribution in [3.8, 4) is 5.75 Å². The van der Waals surface area contributed by atoms with Crippen LogP contribution in [0.1, 0.15) is 40.9 Å². The molecule has 0 spiro atoms. The van der Waals surface area contributed by atoms with Gasteiger partial charge in [-0.3, -0.25) is 0 Å². The van der Waals surface area contributed by atoms with E-state index in [0.29, 0.717) is 44.3 Å². The van der Waals surface area contributed by atoms with Crippen molar-refractivity contribution >= 4 is 39.0 Å². The van der Waals surface area contributed by atoms with E-state index >= 15 is 0 Å². The molecule has 4 rings (SSSR count). The number of hydrogen-bond acceptors (Lipinski definition) is 8. The average molecular weight is 431 g/mol. The number of fused-ring (bicyclic) bond motifs is 1. The first-order chi connectivity index (χ1) is 14.5. The molecule has 30 heavy (non-hydrogen) atoms. The Morgan fingerprint density at radius 2 is 2.17 bits per heavy atom. The van der Waals surface area contributed by atoms with Crippen molar-refractivity contribution < 1.29 is 23.8 Å². The molecule has 1 fully saturated rings. The van der Waals surface area contributed by atoms with Gasteiger partial charge in [0.15, 0.2) is 0 Å². The molecule has 0 amide bonds. The van der Waals surface area contributed by atoms with Crippen LogP contribution < -0.4 is 10.1 Å². The first-order valence-electron chi connectivity index (χ1n) is 9.70. The lowest BCUT2D eigenvalue weighted by atomic mass is 9.95. The van der Waals surface area contributed by atoms with Crippen molar-refractivity contribution in [1.82, 2.24) is 9.97 Å². The zero-order valence-electron chi connectivity index (χ0n) is 16.6. The van der Waals surface area contributed by atoms with Crippen molar-refractivity contribution in [3.63, 3.8) is 0 Å². The molecule has 9 heteroatoms. The highest BCUT2D eigenvalue weighted by Gasteiger charge is 2.24. The third-order valence-corrected chi connectivity index (χ3v) is 6.37. The van der Waals surface area contributed by atoms with Gasteiger partial charge in [0.05, 0.1) is 24.3 Å². The molecule has 1 aliphatic carbocycles. The SMILES string of the molecule is COC(=O)c1sc2ncnc(Nc3ccc(F)cc3OC3CCCC(O)C3)c2c1C. The highest BCUT2D eigenvalue weighted by Crippen LogP contribution is 2.37. The van der Waals surface area contributed by atoms with Crippen LogP contribution in [0, 0.1) is 12.7 Å². The Hall–Kier alpha value is -2.78. The number of methoxy groups -OCH3 is 1. The molecule has 0 aliphatic heterocycles. The van der Waals surface area contributed by atoms with Gasteiger partial charge in [0.1, 0.15) is 39.5 Å². The minimum Gasteiger partial charge on any atom is -0.488 e. The fraction of sp³-hybridized carbons (Fsp3) is 0.381. The number of halogens is 1. The van der Waals surface area contributed by atoms with Crippen molar-refractivity contribution in [3.05, 3.63) is 40.8 Å². The maximum Gasteiger partial charge on any atom is 0.348 e. The molecule has 2 unspecified atom stereocenters. The van der Waals surface area contributed by atoms with E-state index in [1.54, 1.807) is 6.07 Å². The topological polar surface area (TPSA) is 93.6 Å². The van der Waals surface area contributed by atoms with Crippen molar-refractivity contribution in [1.29, 1.82) is 0 Å². The van der Waals surface area contributed by atoms with E-state index in [1.807, 2.05) is 6.92 Å². The number of ether oxygens (including phenoxy) is 2. The predicted octanol–water partition coefficient (Wildman–Crippen LogP) is 4.35. The van der Waals surface area contributed by atoms with Crippen LogP contribution in [0.2, 0.25) is 0 Å². The number of rotatable bonds is 5. The van der Waals surface area contributed by atoms with Gasteiger partial charge < -0.3 is 19.9 Å². The molecule has 158 valence electrons. The summed E-state index contributed by atoms with van der Waals surface area (Å²) in [6.07, 6.45) is 3.75. The van der Waals surface area contributed by atoms with Crippen LogP contribution in [-0.2, 0) is 4.74 Å². The molecule has 1 saturated carbocycles. The van der Waals surface area contributed by atoms with Gasteiger partial charge in [0.25, 0.3) is 0 Å². The van der Waals surface area contributed by atoms with E-state index in [4.69, 9.17) is 9.47 Å². The lowest BCUT2D eigenvalue weighted by Gasteiger charge is -2.27. The van der Waals surface area contributed by atoms with Crippen LogP contribution in [0.3, 0.4) is 0 Å². The number of aliphatic hydroxyl groups is 1. The number of benzene rings is 1. The lowest BCUT2D eigenvalue weighted by molar-refractivity contribution is 0.0538. The predicted molar refractivity (Wildman–Crippen MR) is 112 cm³/mol. The first-order valence-corrected chi connectivity index (χ1v) is 10.5. The number of nitrogens with one attached hydrogen (secondary N) is 1. The van der Waals surface area contributed by atoms with Gasteiger partial charge in [-0.15, -0.1) is 11.3 Å². The maximum atomic E-state index is 13.9. The quantitative estimate of drug-likeness (QED) is 0.580. The Bertz CT molecular complexity index is 1090. The summed E-state index contributed by atoms with van der Waals surface area (Å²) in [4.78, 5) is 21.7. The fourth-order valence-electron chi connectivity index (χ4n) is 3.69. The number of esters is 1. The number of aryl methyl sites for hydroxylation is 1. The summed E-state index contributed by atoms with van der Waals surface area (Å²) < 4.78 is 24.8. The van der Waals surface area contributed by atoms with E-state index in [9.17, 15) is 14.3 Å². The molecular weight excluding hydrogens is 409 g/mol. The summed E-state index contributed by atoms with van der Waals surface area (Å²) in [5.74, 6) is -0.00600. The Kier molecular flexibility index (Phi) is 5.83. The summed E-state index contributed by atoms with van der Waals surface area (Å²) in [7, 11) is 1.33. The highest BCUT2D eigenvalue weighted by atomic mass is 32.1. The number of carbonyl (C=O) groups excluding carboxylic acids is 1. The summed E-state index contributed by atoms with van der Waals surface area (Å²) >= 11 is 1.23. The number of carbonyl (C=O) groups is 1. The van der Waals surface area contributed by atoms with E-state index in [0.717, 1.165) is 19.3 Å². The van der Waals surface area contributed by atoms with E-state index < -0.39 is 17.9 Å². The number of thiophene rings is 1. The molecule has 0 saturated heterocycles. The number of anilines is 2. The van der Waals surface area contributed by atoms with Crippen LogP contribution in [0.5, 0.6) is 5.75 Å². The second-order valence-electron chi connectivity index (χ2n) is 7.28. The van der Waals surface area contributed by atoms with E-state index in [2.05, 4.69) is 15.3 Å². The maximum absolute atomic E-state index is 13.9. The van der Waals surface area contributed by atoms with Crippen LogP contribution in [0.4, 0.5) is 15.9 Å². The van der Waals surface area contributed by atoms with Gasteiger partial charge in [-0.05, 0) is 43.9 Å². The van der Waals surface area contributed by atoms with Crippen LogP contribution in [0.25, 0.3) is 10.2 Å². The third kappa shape index (κ3) is 4.08. The summed E-state index contributed by atoms with van der Waals surface area (Å²) in [5.41, 5.74) is 1.26. The molecule has 0 radical (unpaired) electrons. The largest absolute Gasteiger partial charge is 0.488 e. The summed E-state index contributed by atoms with van der Waals surface area (Å²) in [6, 6.07) is 4.24. The minimum absolute atomic E-state index is 0.185. The average Bonchev–Trinajstić information content (AvgIpc) is 3.07. The molecule has 1 aromatic carbocycles. The van der Waals surface area contributed by atoms with Gasteiger partial charge in [-0.25, -0.2) is 19.2 Å². The standard InChI is InChI=1S/C21H22FN3O4S/c1-11-17-19(23-10-24-20(17)30-18(11)21(27)28-2)25-15-7-6-12(22)8-16(15)29-14-5-3-4-13(26)9-14/h6-8,10,13-14,26H,3-5,9H2,1-2H3,(H,23,24,25). The van der Waals surface area contributed by atoms with Crippen molar-refractivity contribution in [2.45, 2.75) is 44.8 Å². The van der Waals surface area contributed by atoms with E-state index in [1.165, 1.54) is 36.9 Å². The molecule has 7 nitrogen and oxygen atoms in total. The second-order valence-corrected chi connectivity index (χ2v) is 8.28. The van der Waals surface area contributed by atoms with Crippen molar-refractivity contribution in [2.75, 3.05) is 12.4 Å². The zero-order valence-corrected chi connectivity index (χ0v) is 17.5. The monoisotopic (exact) mass is 431 g/mol. The lowest BCUT2D eigenvalue weighted by Crippen LogP contribution is -2.28. The molecule has 3 aromatic rings. The van der Waals surface area contributed by atoms with E-state index in [-0.39, 0.29) is 6.10 Å². The highest BCUT2D eigenvalue weighted by molar-refractivity contribution is 7.20. The van der Waals surface area contributed by atoms with Crippen LogP contribution in [-0.4, -0.2) is 40.4 Å². The Labute approximate surface area is 176 Å². The number of aliphatic hydroxyl groups excluding tert-OH is 1. The second kappa shape index (κ2) is 8.53. The summed E-state index contributed by atoms with van der Waals surface area (Å²) in [5, 5.41) is 13.8. The Balaban J connectivity index is 1.68. The van der Waals surface area contributed by atoms with Gasteiger partial charge in [-0.1, -0.05) is 0 Å². The Morgan fingerprint density at radius 1 is 1.33 bits per heavy atom. The van der Waals surface area contributed by atoms with Gasteiger partial charge >= 0.3 is 5.97 Å². The van der Waals surface area contributed by atoms with Crippen LogP contribution in [0.15, 0.2) is 24.5 Å². The van der Waals surface area contributed by atoms with Gasteiger partial charge in [-0.2, -0.15) is 0 Å². The number of aromatic nitrogens is 2. The van der Waals surface area contributed by atoms with Gasteiger partial charge in [0.2, 0.25) is 0 Å². The molecule has 1 aliphatic rings.